The lowest BCUT2D eigenvalue weighted by Gasteiger charge is -2.21. The second kappa shape index (κ2) is 13.5. The van der Waals surface area contributed by atoms with Crippen molar-refractivity contribution in [3.63, 3.8) is 0 Å². The monoisotopic (exact) mass is 568 g/mol. The van der Waals surface area contributed by atoms with E-state index < -0.39 is 0 Å². The zero-order valence-electron chi connectivity index (χ0n) is 19.2. The highest BCUT2D eigenvalue weighted by Crippen LogP contribution is 2.20. The number of aromatic nitrogens is 3. The lowest BCUT2D eigenvalue weighted by atomic mass is 10.1. The standard InChI is InChI=1S/C23H32N6OS.HI/c1-18(30-4)22-27-20(17-31-22)16-28(3)23(24-2)26-15-21-25-12-14-29(21)13-8-11-19-9-6-5-7-10-19;/h5-7,9-10,12,14,17-18H,8,11,13,15-16H2,1-4H3,(H,24,26);1H. The first kappa shape index (κ1) is 26.3. The molecule has 1 unspecified atom stereocenters. The maximum atomic E-state index is 5.36. The van der Waals surface area contributed by atoms with Crippen molar-refractivity contribution in [1.82, 2.24) is 24.8 Å². The molecule has 0 radical (unpaired) electrons. The highest BCUT2D eigenvalue weighted by atomic mass is 127. The first-order valence-corrected chi connectivity index (χ1v) is 11.4. The van der Waals surface area contributed by atoms with Gasteiger partial charge in [0.25, 0.3) is 0 Å². The van der Waals surface area contributed by atoms with Crippen LogP contribution in [0.3, 0.4) is 0 Å². The van der Waals surface area contributed by atoms with E-state index in [1.54, 1.807) is 25.5 Å². The number of rotatable bonds is 10. The Labute approximate surface area is 212 Å². The predicted octanol–water partition coefficient (Wildman–Crippen LogP) is 4.51. The van der Waals surface area contributed by atoms with Gasteiger partial charge in [0, 0.05) is 45.5 Å². The van der Waals surface area contributed by atoms with Crippen molar-refractivity contribution in [3.8, 4) is 0 Å². The van der Waals surface area contributed by atoms with Gasteiger partial charge < -0.3 is 19.5 Å². The smallest absolute Gasteiger partial charge is 0.194 e. The molecule has 0 bridgehead atoms. The van der Waals surface area contributed by atoms with Crippen LogP contribution in [0.2, 0.25) is 0 Å². The number of aliphatic imine (C=N–C) groups is 1. The molecular formula is C23H33IN6OS. The van der Waals surface area contributed by atoms with E-state index in [9.17, 15) is 0 Å². The van der Waals surface area contributed by atoms with Crippen molar-refractivity contribution in [2.45, 2.75) is 45.5 Å². The first-order chi connectivity index (χ1) is 15.1. The summed E-state index contributed by atoms with van der Waals surface area (Å²) in [6.45, 7) is 4.25. The Balaban J connectivity index is 0.00000363. The van der Waals surface area contributed by atoms with Gasteiger partial charge in [0.1, 0.15) is 16.9 Å². The van der Waals surface area contributed by atoms with Crippen molar-refractivity contribution < 1.29 is 4.74 Å². The van der Waals surface area contributed by atoms with Gasteiger partial charge in [0.15, 0.2) is 5.96 Å². The maximum Gasteiger partial charge on any atom is 0.194 e. The van der Waals surface area contributed by atoms with Gasteiger partial charge in [-0.1, -0.05) is 30.3 Å². The molecule has 3 aromatic rings. The first-order valence-electron chi connectivity index (χ1n) is 10.5. The lowest BCUT2D eigenvalue weighted by Crippen LogP contribution is -2.38. The van der Waals surface area contributed by atoms with Crippen molar-refractivity contribution in [2.75, 3.05) is 21.2 Å². The van der Waals surface area contributed by atoms with E-state index in [0.29, 0.717) is 13.1 Å². The fourth-order valence-electron chi connectivity index (χ4n) is 3.35. The van der Waals surface area contributed by atoms with E-state index in [1.165, 1.54) is 5.56 Å². The van der Waals surface area contributed by atoms with E-state index in [-0.39, 0.29) is 30.1 Å². The zero-order valence-corrected chi connectivity index (χ0v) is 22.3. The number of hydrogen-bond donors (Lipinski definition) is 1. The van der Waals surface area contributed by atoms with E-state index in [2.05, 4.69) is 65.5 Å². The van der Waals surface area contributed by atoms with Gasteiger partial charge in [0.2, 0.25) is 0 Å². The minimum Gasteiger partial charge on any atom is -0.375 e. The fourth-order valence-corrected chi connectivity index (χ4v) is 4.19. The normalized spacial score (nSPS) is 12.3. The third-order valence-electron chi connectivity index (χ3n) is 5.16. The number of nitrogens with one attached hydrogen (secondary N) is 1. The number of ether oxygens (including phenoxy) is 1. The van der Waals surface area contributed by atoms with Gasteiger partial charge in [-0.3, -0.25) is 4.99 Å². The van der Waals surface area contributed by atoms with Crippen LogP contribution in [0.15, 0.2) is 53.1 Å². The molecule has 0 amide bonds. The molecule has 32 heavy (non-hydrogen) atoms. The van der Waals surface area contributed by atoms with Gasteiger partial charge in [-0.15, -0.1) is 35.3 Å². The van der Waals surface area contributed by atoms with Crippen LogP contribution in [-0.4, -0.2) is 46.6 Å². The Kier molecular flexibility index (Phi) is 11.1. The molecule has 0 aliphatic heterocycles. The van der Waals surface area contributed by atoms with E-state index in [0.717, 1.165) is 41.9 Å². The molecule has 1 atom stereocenters. The van der Waals surface area contributed by atoms with Gasteiger partial charge in [0.05, 0.1) is 18.8 Å². The molecule has 0 saturated heterocycles. The Bertz CT molecular complexity index is 958. The molecule has 1 aromatic carbocycles. The van der Waals surface area contributed by atoms with Crippen LogP contribution in [0.4, 0.5) is 0 Å². The van der Waals surface area contributed by atoms with Gasteiger partial charge >= 0.3 is 0 Å². The molecule has 0 spiro atoms. The summed E-state index contributed by atoms with van der Waals surface area (Å²) in [5.74, 6) is 1.82. The van der Waals surface area contributed by atoms with Crippen LogP contribution in [0.5, 0.6) is 0 Å². The average Bonchev–Trinajstić information content (AvgIpc) is 3.44. The fraction of sp³-hybridized carbons (Fsp3) is 0.435. The number of hydrogen-bond acceptors (Lipinski definition) is 5. The lowest BCUT2D eigenvalue weighted by molar-refractivity contribution is 0.119. The number of imidazole rings is 1. The van der Waals surface area contributed by atoms with Crippen molar-refractivity contribution in [1.29, 1.82) is 0 Å². The summed E-state index contributed by atoms with van der Waals surface area (Å²) in [7, 11) is 5.51. The molecular weight excluding hydrogens is 535 g/mol. The molecule has 9 heteroatoms. The van der Waals surface area contributed by atoms with Crippen LogP contribution < -0.4 is 5.32 Å². The summed E-state index contributed by atoms with van der Waals surface area (Å²) in [4.78, 5) is 15.7. The zero-order chi connectivity index (χ0) is 22.1. The maximum absolute atomic E-state index is 5.36. The second-order valence-corrected chi connectivity index (χ2v) is 8.33. The summed E-state index contributed by atoms with van der Waals surface area (Å²) in [6.07, 6.45) is 6.06. The predicted molar refractivity (Wildman–Crippen MR) is 142 cm³/mol. The number of halogens is 1. The summed E-state index contributed by atoms with van der Waals surface area (Å²) >= 11 is 1.63. The highest BCUT2D eigenvalue weighted by molar-refractivity contribution is 14.0. The summed E-state index contributed by atoms with van der Waals surface area (Å²) in [5, 5.41) is 6.49. The summed E-state index contributed by atoms with van der Waals surface area (Å²) < 4.78 is 7.57. The van der Waals surface area contributed by atoms with Gasteiger partial charge in [-0.25, -0.2) is 9.97 Å². The number of guanidine groups is 1. The van der Waals surface area contributed by atoms with Gasteiger partial charge in [-0.05, 0) is 25.3 Å². The number of thiazole rings is 1. The molecule has 2 heterocycles. The van der Waals surface area contributed by atoms with Crippen LogP contribution in [-0.2, 0) is 30.8 Å². The highest BCUT2D eigenvalue weighted by Gasteiger charge is 2.13. The number of benzene rings is 1. The van der Waals surface area contributed by atoms with Crippen LogP contribution in [0.25, 0.3) is 0 Å². The third kappa shape index (κ3) is 7.56. The minimum atomic E-state index is 0. The Morgan fingerprint density at radius 2 is 2.09 bits per heavy atom. The molecule has 7 nitrogen and oxygen atoms in total. The summed E-state index contributed by atoms with van der Waals surface area (Å²) in [6, 6.07) is 10.6. The van der Waals surface area contributed by atoms with E-state index >= 15 is 0 Å². The molecule has 174 valence electrons. The summed E-state index contributed by atoms with van der Waals surface area (Å²) in [5.41, 5.74) is 2.38. The van der Waals surface area contributed by atoms with Crippen molar-refractivity contribution >= 4 is 41.3 Å². The third-order valence-corrected chi connectivity index (χ3v) is 6.21. The van der Waals surface area contributed by atoms with Crippen LogP contribution in [0, 0.1) is 0 Å². The molecule has 0 saturated carbocycles. The second-order valence-electron chi connectivity index (χ2n) is 7.44. The largest absolute Gasteiger partial charge is 0.375 e. The SMILES string of the molecule is CN=C(NCc1nccn1CCCc1ccccc1)N(C)Cc1csc(C(C)OC)n1.I. The van der Waals surface area contributed by atoms with Crippen molar-refractivity contribution in [3.05, 3.63) is 70.2 Å². The molecule has 1 N–H and O–H groups in total. The molecule has 0 fully saturated rings. The average molecular weight is 569 g/mol. The van der Waals surface area contributed by atoms with E-state index in [1.807, 2.05) is 26.4 Å². The Morgan fingerprint density at radius 3 is 2.81 bits per heavy atom. The van der Waals surface area contributed by atoms with Crippen LogP contribution in [0.1, 0.15) is 41.5 Å². The quantitative estimate of drug-likeness (QED) is 0.222. The molecule has 0 aliphatic carbocycles. The van der Waals surface area contributed by atoms with Crippen molar-refractivity contribution in [2.24, 2.45) is 4.99 Å². The minimum absolute atomic E-state index is 0. The van der Waals surface area contributed by atoms with Gasteiger partial charge in [-0.2, -0.15) is 0 Å². The molecule has 2 aromatic heterocycles. The number of aryl methyl sites for hydroxylation is 2. The Hall–Kier alpha value is -1.98. The number of methoxy groups -OCH3 is 1. The van der Waals surface area contributed by atoms with Crippen LogP contribution >= 0.6 is 35.3 Å². The topological polar surface area (TPSA) is 67.6 Å². The Morgan fingerprint density at radius 1 is 1.31 bits per heavy atom. The van der Waals surface area contributed by atoms with E-state index in [4.69, 9.17) is 4.74 Å². The molecule has 0 aliphatic rings. The number of nitrogens with zero attached hydrogens (tertiary/aromatic N) is 5. The molecule has 3 rings (SSSR count).